The summed E-state index contributed by atoms with van der Waals surface area (Å²) in [5.74, 6) is 0. The summed E-state index contributed by atoms with van der Waals surface area (Å²) >= 11 is 0. The molecule has 0 saturated heterocycles. The van der Waals surface area contributed by atoms with Gasteiger partial charge in [0.15, 0.2) is 0 Å². The van der Waals surface area contributed by atoms with Crippen molar-refractivity contribution in [1.29, 1.82) is 0 Å². The highest BCUT2D eigenvalue weighted by Gasteiger charge is 2.38. The zero-order chi connectivity index (χ0) is 25.3. The van der Waals surface area contributed by atoms with Gasteiger partial charge in [-0.05, 0) is 71.6 Å². The Morgan fingerprint density at radius 3 is 2.40 bits per heavy atom. The van der Waals surface area contributed by atoms with E-state index in [2.05, 4.69) is 101 Å². The summed E-state index contributed by atoms with van der Waals surface area (Å²) in [4.78, 5) is 2.43. The highest BCUT2D eigenvalue weighted by Crippen LogP contribution is 2.45. The molecule has 2 heteroatoms. The maximum Gasteiger partial charge on any atom is 0.0491 e. The van der Waals surface area contributed by atoms with Gasteiger partial charge in [-0.3, -0.25) is 0 Å². The van der Waals surface area contributed by atoms with Gasteiger partial charge in [-0.15, -0.1) is 0 Å². The van der Waals surface area contributed by atoms with Crippen molar-refractivity contribution in [2.75, 3.05) is 0 Å². The van der Waals surface area contributed by atoms with E-state index in [4.69, 9.17) is 5.73 Å². The van der Waals surface area contributed by atoms with E-state index >= 15 is 0 Å². The number of hydrogen-bond acceptors (Lipinski definition) is 2. The number of fused-ring (bicyclic) bond motifs is 3. The molecular weight excluding hydrogens is 424 g/mol. The van der Waals surface area contributed by atoms with Crippen LogP contribution in [0.5, 0.6) is 0 Å². The Morgan fingerprint density at radius 1 is 1.06 bits per heavy atom. The predicted molar refractivity (Wildman–Crippen MR) is 152 cm³/mol. The molecule has 2 N–H and O–H groups in total. The van der Waals surface area contributed by atoms with Crippen molar-refractivity contribution in [3.8, 4) is 11.1 Å². The number of aryl methyl sites for hydroxylation is 2. The molecule has 0 spiro atoms. The maximum absolute atomic E-state index is 6.15. The fraction of sp³-hybridized carbons (Fsp3) is 0.394. The van der Waals surface area contributed by atoms with Crippen LogP contribution in [0.3, 0.4) is 0 Å². The second-order valence-electron chi connectivity index (χ2n) is 11.5. The van der Waals surface area contributed by atoms with Crippen LogP contribution < -0.4 is 5.73 Å². The molecule has 0 fully saturated rings. The Morgan fingerprint density at radius 2 is 1.77 bits per heavy atom. The van der Waals surface area contributed by atoms with Gasteiger partial charge in [0.25, 0.3) is 0 Å². The van der Waals surface area contributed by atoms with Gasteiger partial charge in [0.1, 0.15) is 0 Å². The highest BCUT2D eigenvalue weighted by molar-refractivity contribution is 5.81. The minimum Gasteiger partial charge on any atom is -0.399 e. The van der Waals surface area contributed by atoms with Gasteiger partial charge in [-0.2, -0.15) is 0 Å². The molecule has 0 saturated carbocycles. The Kier molecular flexibility index (Phi) is 7.12. The van der Waals surface area contributed by atoms with Crippen LogP contribution in [0.15, 0.2) is 78.7 Å². The minimum absolute atomic E-state index is 0.101. The maximum atomic E-state index is 6.15. The zero-order valence-corrected chi connectivity index (χ0v) is 22.4. The van der Waals surface area contributed by atoms with Crippen molar-refractivity contribution >= 4 is 5.70 Å². The first-order valence-electron chi connectivity index (χ1n) is 13.2. The standard InChI is InChI=1S/C33H42N2/c1-8-9-10-11-12-26-18-27-19-32(33(5,6)7)35-21-30(24(4)34)23(3)17-31(35)29(27)20-28(26)25-15-13-22(2)14-16-25/h13-18,20-21,32H,3-4,8-12,19,34H2,1-2,5-7H3. The van der Waals surface area contributed by atoms with Crippen molar-refractivity contribution in [1.82, 2.24) is 4.90 Å². The summed E-state index contributed by atoms with van der Waals surface area (Å²) in [7, 11) is 0. The lowest BCUT2D eigenvalue weighted by molar-refractivity contribution is 0.189. The molecule has 0 bridgehead atoms. The van der Waals surface area contributed by atoms with Gasteiger partial charge in [-0.25, -0.2) is 0 Å². The summed E-state index contributed by atoms with van der Waals surface area (Å²) in [6.45, 7) is 19.8. The number of unbranched alkanes of at least 4 members (excludes halogenated alkanes) is 3. The van der Waals surface area contributed by atoms with Gasteiger partial charge >= 0.3 is 0 Å². The van der Waals surface area contributed by atoms with Crippen LogP contribution in [0.4, 0.5) is 0 Å². The largest absolute Gasteiger partial charge is 0.399 e. The number of allylic oxidation sites excluding steroid dienone is 2. The highest BCUT2D eigenvalue weighted by atomic mass is 15.2. The first kappa shape index (κ1) is 25.1. The molecule has 35 heavy (non-hydrogen) atoms. The Balaban J connectivity index is 1.86. The molecule has 0 aromatic heterocycles. The van der Waals surface area contributed by atoms with Crippen LogP contribution in [0.1, 0.15) is 75.6 Å². The first-order chi connectivity index (χ1) is 16.6. The zero-order valence-electron chi connectivity index (χ0n) is 22.4. The van der Waals surface area contributed by atoms with E-state index in [0.29, 0.717) is 11.7 Å². The molecule has 0 amide bonds. The average Bonchev–Trinajstić information content (AvgIpc) is 2.80. The number of benzene rings is 2. The van der Waals surface area contributed by atoms with Gasteiger partial charge in [0.2, 0.25) is 0 Å². The van der Waals surface area contributed by atoms with Crippen molar-refractivity contribution in [3.63, 3.8) is 0 Å². The summed E-state index contributed by atoms with van der Waals surface area (Å²) in [6.07, 6.45) is 11.6. The summed E-state index contributed by atoms with van der Waals surface area (Å²) in [5, 5.41) is 0. The quantitative estimate of drug-likeness (QED) is 0.416. The molecule has 184 valence electrons. The average molecular weight is 467 g/mol. The second-order valence-corrected chi connectivity index (χ2v) is 11.5. The second kappa shape index (κ2) is 9.93. The van der Waals surface area contributed by atoms with E-state index in [1.807, 2.05) is 0 Å². The fourth-order valence-corrected chi connectivity index (χ4v) is 5.46. The lowest BCUT2D eigenvalue weighted by Gasteiger charge is -2.47. The molecule has 1 atom stereocenters. The Labute approximate surface area is 212 Å². The summed E-state index contributed by atoms with van der Waals surface area (Å²) in [6, 6.07) is 14.3. The van der Waals surface area contributed by atoms with Crippen LogP contribution in [0.2, 0.25) is 0 Å². The third-order valence-electron chi connectivity index (χ3n) is 7.57. The molecule has 4 rings (SSSR count). The van der Waals surface area contributed by atoms with Crippen molar-refractivity contribution in [3.05, 3.63) is 101 Å². The van der Waals surface area contributed by atoms with Crippen molar-refractivity contribution in [2.45, 2.75) is 79.2 Å². The third kappa shape index (κ3) is 5.17. The lowest BCUT2D eigenvalue weighted by Crippen LogP contribution is -2.45. The molecule has 2 aromatic rings. The minimum atomic E-state index is 0.101. The molecule has 2 aromatic carbocycles. The lowest BCUT2D eigenvalue weighted by atomic mass is 9.75. The van der Waals surface area contributed by atoms with Crippen LogP contribution >= 0.6 is 0 Å². The Hall–Kier alpha value is -3.00. The number of nitrogens with zero attached hydrogens (tertiary/aromatic N) is 1. The predicted octanol–water partition coefficient (Wildman–Crippen LogP) is 8.32. The van der Waals surface area contributed by atoms with E-state index in [9.17, 15) is 0 Å². The topological polar surface area (TPSA) is 29.3 Å². The van der Waals surface area contributed by atoms with E-state index in [0.717, 1.165) is 24.0 Å². The molecular formula is C33H42N2. The molecule has 0 aliphatic carbocycles. The van der Waals surface area contributed by atoms with Gasteiger partial charge in [0.05, 0.1) is 0 Å². The van der Waals surface area contributed by atoms with E-state index < -0.39 is 0 Å². The van der Waals surface area contributed by atoms with Crippen LogP contribution in [-0.4, -0.2) is 10.9 Å². The van der Waals surface area contributed by atoms with Gasteiger partial charge in [-0.1, -0.05) is 96.0 Å². The summed E-state index contributed by atoms with van der Waals surface area (Å²) < 4.78 is 0. The number of nitrogens with two attached hydrogens (primary N) is 1. The fourth-order valence-electron chi connectivity index (χ4n) is 5.46. The van der Waals surface area contributed by atoms with Gasteiger partial charge in [0, 0.05) is 34.8 Å². The summed E-state index contributed by atoms with van der Waals surface area (Å²) in [5.41, 5.74) is 18.1. The molecule has 2 aliphatic heterocycles. The first-order valence-corrected chi connectivity index (χ1v) is 13.2. The van der Waals surface area contributed by atoms with Crippen LogP contribution in [0, 0.1) is 12.3 Å². The molecule has 0 radical (unpaired) electrons. The SMILES string of the molecule is C=C(N)C1=CN2C(=CC1=C)c1cc(-c3ccc(C)cc3)c(CCCCCC)cc1CC2C(C)(C)C. The molecule has 2 nitrogen and oxygen atoms in total. The van der Waals surface area contributed by atoms with E-state index in [1.165, 1.54) is 64.8 Å². The molecule has 1 unspecified atom stereocenters. The van der Waals surface area contributed by atoms with E-state index in [-0.39, 0.29) is 5.41 Å². The smallest absolute Gasteiger partial charge is 0.0491 e. The normalized spacial score (nSPS) is 17.5. The van der Waals surface area contributed by atoms with Crippen LogP contribution in [0.25, 0.3) is 16.8 Å². The van der Waals surface area contributed by atoms with E-state index in [1.54, 1.807) is 0 Å². The monoisotopic (exact) mass is 466 g/mol. The number of hydrogen-bond donors (Lipinski definition) is 1. The molecule has 2 aliphatic rings. The third-order valence-corrected chi connectivity index (χ3v) is 7.57. The molecule has 2 heterocycles. The van der Waals surface area contributed by atoms with Crippen molar-refractivity contribution in [2.24, 2.45) is 11.1 Å². The van der Waals surface area contributed by atoms with Crippen LogP contribution in [-0.2, 0) is 12.8 Å². The Bertz CT molecular complexity index is 1180. The number of rotatable bonds is 7. The van der Waals surface area contributed by atoms with Gasteiger partial charge < -0.3 is 10.6 Å². The van der Waals surface area contributed by atoms with Crippen molar-refractivity contribution < 1.29 is 0 Å².